The van der Waals surface area contributed by atoms with Gasteiger partial charge in [-0.3, -0.25) is 4.79 Å². The summed E-state index contributed by atoms with van der Waals surface area (Å²) < 4.78 is 0. The van der Waals surface area contributed by atoms with Crippen LogP contribution in [-0.2, 0) is 4.79 Å². The molecule has 0 aromatic heterocycles. The van der Waals surface area contributed by atoms with Crippen LogP contribution in [0, 0.1) is 0 Å². The van der Waals surface area contributed by atoms with E-state index in [-0.39, 0.29) is 5.91 Å². The second-order valence-corrected chi connectivity index (χ2v) is 4.33. The lowest BCUT2D eigenvalue weighted by molar-refractivity contribution is -0.127. The fourth-order valence-corrected chi connectivity index (χ4v) is 1.86. The molecule has 90 valence electrons. The van der Waals surface area contributed by atoms with E-state index in [1.807, 2.05) is 29.3 Å². The van der Waals surface area contributed by atoms with Crippen molar-refractivity contribution in [2.45, 2.75) is 51.9 Å². The average molecular weight is 221 g/mol. The molecule has 0 saturated heterocycles. The van der Waals surface area contributed by atoms with Gasteiger partial charge in [-0.1, -0.05) is 51.2 Å². The number of allylic oxidation sites excluding steroid dienone is 2. The zero-order chi connectivity index (χ0) is 11.6. The molecule has 16 heavy (non-hydrogen) atoms. The largest absolute Gasteiger partial charge is 0.319 e. The summed E-state index contributed by atoms with van der Waals surface area (Å²) in [7, 11) is 0. The lowest BCUT2D eigenvalue weighted by Crippen LogP contribution is -2.25. The number of unbranched alkanes of at least 4 members (excludes halogenated alkanes) is 5. The van der Waals surface area contributed by atoms with Crippen molar-refractivity contribution in [3.63, 3.8) is 0 Å². The standard InChI is InChI=1S/C14H23NO/c1-2-3-4-5-6-9-12-15-13-10-7-8-11-14(15)16/h7-8,10,13H,2-6,9,11-12H2,1H3. The van der Waals surface area contributed by atoms with Gasteiger partial charge in [-0.15, -0.1) is 0 Å². The minimum absolute atomic E-state index is 0.221. The van der Waals surface area contributed by atoms with Crippen LogP contribution in [0.2, 0.25) is 0 Å². The molecule has 0 aliphatic carbocycles. The third-order valence-electron chi connectivity index (χ3n) is 2.88. The highest BCUT2D eigenvalue weighted by molar-refractivity contribution is 5.79. The molecule has 1 aliphatic rings. The highest BCUT2D eigenvalue weighted by Gasteiger charge is 2.09. The fourth-order valence-electron chi connectivity index (χ4n) is 1.86. The number of rotatable bonds is 7. The Labute approximate surface area is 99.0 Å². The molecule has 0 aromatic rings. The molecule has 1 rings (SSSR count). The maximum atomic E-state index is 11.6. The van der Waals surface area contributed by atoms with E-state index in [4.69, 9.17) is 0 Å². The summed E-state index contributed by atoms with van der Waals surface area (Å²) in [5, 5.41) is 0. The molecule has 0 spiro atoms. The topological polar surface area (TPSA) is 20.3 Å². The van der Waals surface area contributed by atoms with E-state index in [1.54, 1.807) is 0 Å². The first-order valence-electron chi connectivity index (χ1n) is 6.47. The summed E-state index contributed by atoms with van der Waals surface area (Å²) in [6, 6.07) is 0. The van der Waals surface area contributed by atoms with Crippen LogP contribution in [0.4, 0.5) is 0 Å². The Bertz CT molecular complexity index is 255. The molecule has 0 unspecified atom stereocenters. The van der Waals surface area contributed by atoms with Gasteiger partial charge in [0.2, 0.25) is 5.91 Å². The Kier molecular flexibility index (Phi) is 6.62. The SMILES string of the molecule is CCCCCCCCN1C=CC=CCC1=O. The van der Waals surface area contributed by atoms with Crippen LogP contribution in [0.15, 0.2) is 24.4 Å². The maximum absolute atomic E-state index is 11.6. The Morgan fingerprint density at radius 2 is 1.88 bits per heavy atom. The quantitative estimate of drug-likeness (QED) is 0.601. The Hall–Kier alpha value is -1.05. The lowest BCUT2D eigenvalue weighted by atomic mass is 10.1. The number of amides is 1. The van der Waals surface area contributed by atoms with Crippen molar-refractivity contribution in [2.75, 3.05) is 6.54 Å². The summed E-state index contributed by atoms with van der Waals surface area (Å²) in [6.07, 6.45) is 15.9. The summed E-state index contributed by atoms with van der Waals surface area (Å²) in [6.45, 7) is 3.11. The highest BCUT2D eigenvalue weighted by atomic mass is 16.2. The van der Waals surface area contributed by atoms with E-state index in [9.17, 15) is 4.79 Å². The van der Waals surface area contributed by atoms with Crippen LogP contribution in [0.25, 0.3) is 0 Å². The lowest BCUT2D eigenvalue weighted by Gasteiger charge is -2.16. The van der Waals surface area contributed by atoms with Gasteiger partial charge in [-0.2, -0.15) is 0 Å². The van der Waals surface area contributed by atoms with Gasteiger partial charge in [0.05, 0.1) is 0 Å². The van der Waals surface area contributed by atoms with E-state index in [0.29, 0.717) is 6.42 Å². The number of carbonyl (C=O) groups excluding carboxylic acids is 1. The van der Waals surface area contributed by atoms with E-state index >= 15 is 0 Å². The smallest absolute Gasteiger partial charge is 0.230 e. The molecule has 1 heterocycles. The van der Waals surface area contributed by atoms with Gasteiger partial charge in [-0.25, -0.2) is 0 Å². The van der Waals surface area contributed by atoms with Gasteiger partial charge < -0.3 is 4.90 Å². The van der Waals surface area contributed by atoms with Gasteiger partial charge in [0.1, 0.15) is 0 Å². The minimum Gasteiger partial charge on any atom is -0.319 e. The molecule has 0 atom stereocenters. The van der Waals surface area contributed by atoms with Crippen molar-refractivity contribution in [1.82, 2.24) is 4.90 Å². The number of nitrogens with zero attached hydrogens (tertiary/aromatic N) is 1. The number of carbonyl (C=O) groups is 1. The van der Waals surface area contributed by atoms with Crippen LogP contribution in [0.5, 0.6) is 0 Å². The molecule has 0 saturated carbocycles. The third-order valence-corrected chi connectivity index (χ3v) is 2.88. The Morgan fingerprint density at radius 3 is 2.69 bits per heavy atom. The van der Waals surface area contributed by atoms with E-state index in [2.05, 4.69) is 6.92 Å². The van der Waals surface area contributed by atoms with Crippen LogP contribution >= 0.6 is 0 Å². The number of hydrogen-bond acceptors (Lipinski definition) is 1. The molecule has 2 heteroatoms. The van der Waals surface area contributed by atoms with Gasteiger partial charge >= 0.3 is 0 Å². The molecule has 0 radical (unpaired) electrons. The first-order chi connectivity index (χ1) is 7.84. The molecule has 0 aromatic carbocycles. The van der Waals surface area contributed by atoms with E-state index in [0.717, 1.165) is 13.0 Å². The van der Waals surface area contributed by atoms with Crippen molar-refractivity contribution in [3.05, 3.63) is 24.4 Å². The minimum atomic E-state index is 0.221. The van der Waals surface area contributed by atoms with Crippen molar-refractivity contribution in [1.29, 1.82) is 0 Å². The fraction of sp³-hybridized carbons (Fsp3) is 0.643. The van der Waals surface area contributed by atoms with Crippen LogP contribution < -0.4 is 0 Å². The third kappa shape index (κ3) is 5.15. The monoisotopic (exact) mass is 221 g/mol. The first kappa shape index (κ1) is 13.0. The predicted molar refractivity (Wildman–Crippen MR) is 68.0 cm³/mol. The van der Waals surface area contributed by atoms with Crippen molar-refractivity contribution in [3.8, 4) is 0 Å². The molecule has 1 amide bonds. The second kappa shape index (κ2) is 8.14. The van der Waals surface area contributed by atoms with E-state index in [1.165, 1.54) is 32.1 Å². The van der Waals surface area contributed by atoms with Gasteiger partial charge in [-0.05, 0) is 12.5 Å². The van der Waals surface area contributed by atoms with Crippen LogP contribution in [-0.4, -0.2) is 17.4 Å². The van der Waals surface area contributed by atoms with Gasteiger partial charge in [0, 0.05) is 19.2 Å². The van der Waals surface area contributed by atoms with Gasteiger partial charge in [0.15, 0.2) is 0 Å². The summed E-state index contributed by atoms with van der Waals surface area (Å²) in [5.41, 5.74) is 0. The molecule has 0 fully saturated rings. The summed E-state index contributed by atoms with van der Waals surface area (Å²) in [4.78, 5) is 13.5. The first-order valence-corrected chi connectivity index (χ1v) is 6.47. The van der Waals surface area contributed by atoms with Crippen LogP contribution in [0.3, 0.4) is 0 Å². The maximum Gasteiger partial charge on any atom is 0.230 e. The van der Waals surface area contributed by atoms with Crippen molar-refractivity contribution >= 4 is 5.91 Å². The predicted octanol–water partition coefficient (Wildman–Crippen LogP) is 3.65. The molecule has 0 bridgehead atoms. The molecule has 1 aliphatic heterocycles. The van der Waals surface area contributed by atoms with E-state index < -0.39 is 0 Å². The highest BCUT2D eigenvalue weighted by Crippen LogP contribution is 2.08. The zero-order valence-electron chi connectivity index (χ0n) is 10.3. The summed E-state index contributed by atoms with van der Waals surface area (Å²) in [5.74, 6) is 0.221. The molecular formula is C14H23NO. The summed E-state index contributed by atoms with van der Waals surface area (Å²) >= 11 is 0. The van der Waals surface area contributed by atoms with Crippen LogP contribution in [0.1, 0.15) is 51.9 Å². The van der Waals surface area contributed by atoms with Crippen molar-refractivity contribution in [2.24, 2.45) is 0 Å². The molecule has 2 nitrogen and oxygen atoms in total. The average Bonchev–Trinajstić information content (AvgIpc) is 2.49. The second-order valence-electron chi connectivity index (χ2n) is 4.33. The number of hydrogen-bond donors (Lipinski definition) is 0. The molecular weight excluding hydrogens is 198 g/mol. The van der Waals surface area contributed by atoms with Gasteiger partial charge in [0.25, 0.3) is 0 Å². The normalized spacial score (nSPS) is 15.6. The molecule has 0 N–H and O–H groups in total. The Morgan fingerprint density at radius 1 is 1.12 bits per heavy atom. The zero-order valence-corrected chi connectivity index (χ0v) is 10.3. The van der Waals surface area contributed by atoms with Crippen molar-refractivity contribution < 1.29 is 4.79 Å². The Balaban J connectivity index is 2.10.